The van der Waals surface area contributed by atoms with Gasteiger partial charge < -0.3 is 26.0 Å². The predicted octanol–water partition coefficient (Wildman–Crippen LogP) is 0.238. The van der Waals surface area contributed by atoms with Gasteiger partial charge in [0.25, 0.3) is 5.91 Å². The molecule has 4 heterocycles. The summed E-state index contributed by atoms with van der Waals surface area (Å²) in [7, 11) is 0. The highest BCUT2D eigenvalue weighted by atomic mass is 16.5. The molecule has 2 aromatic heterocycles. The zero-order valence-electron chi connectivity index (χ0n) is 18.7. The van der Waals surface area contributed by atoms with E-state index in [0.29, 0.717) is 62.0 Å². The molecule has 1 unspecified atom stereocenters. The summed E-state index contributed by atoms with van der Waals surface area (Å²) in [5.41, 5.74) is 5.74. The Balaban J connectivity index is 1.45. The predicted molar refractivity (Wildman–Crippen MR) is 121 cm³/mol. The molecule has 4 rings (SSSR count). The van der Waals surface area contributed by atoms with Gasteiger partial charge in [-0.25, -0.2) is 9.78 Å². The summed E-state index contributed by atoms with van der Waals surface area (Å²) < 4.78 is 5.63. The molecule has 2 aliphatic heterocycles. The zero-order valence-corrected chi connectivity index (χ0v) is 18.7. The fraction of sp³-hybridized carbons (Fsp3) is 0.524. The number of aromatic nitrogens is 3. The number of carbonyl (C=O) groups excluding carboxylic acids is 3. The van der Waals surface area contributed by atoms with Gasteiger partial charge in [-0.15, -0.1) is 0 Å². The Bertz CT molecular complexity index is 1080. The molecular formula is C21H28N8O4. The van der Waals surface area contributed by atoms with Crippen LogP contribution in [0.4, 0.5) is 16.6 Å². The summed E-state index contributed by atoms with van der Waals surface area (Å²) >= 11 is 0. The molecule has 1 atom stereocenters. The number of urea groups is 1. The largest absolute Gasteiger partial charge is 0.374 e. The van der Waals surface area contributed by atoms with Crippen molar-refractivity contribution in [3.63, 3.8) is 0 Å². The summed E-state index contributed by atoms with van der Waals surface area (Å²) in [5, 5.41) is 5.95. The SMILES string of the molecule is CC1(C)NC(=O)N(CCCNc2nc(N3CCOC(CC(N)=O)C3)nc3cccnc23)C1=O. The lowest BCUT2D eigenvalue weighted by molar-refractivity contribution is -0.130. The number of ether oxygens (including phenoxy) is 1. The van der Waals surface area contributed by atoms with E-state index in [1.165, 1.54) is 4.90 Å². The first-order chi connectivity index (χ1) is 15.7. The van der Waals surface area contributed by atoms with Gasteiger partial charge >= 0.3 is 6.03 Å². The molecule has 0 saturated carbocycles. The fourth-order valence-electron chi connectivity index (χ4n) is 3.93. The second-order valence-corrected chi connectivity index (χ2v) is 8.64. The highest BCUT2D eigenvalue weighted by molar-refractivity contribution is 6.06. The van der Waals surface area contributed by atoms with Gasteiger partial charge in [0.15, 0.2) is 5.82 Å². The zero-order chi connectivity index (χ0) is 23.6. The van der Waals surface area contributed by atoms with Crippen molar-refractivity contribution in [1.29, 1.82) is 0 Å². The van der Waals surface area contributed by atoms with Crippen LogP contribution in [0.5, 0.6) is 0 Å². The average molecular weight is 457 g/mol. The van der Waals surface area contributed by atoms with Crippen molar-refractivity contribution >= 4 is 40.6 Å². The third kappa shape index (κ3) is 4.95. The van der Waals surface area contributed by atoms with E-state index in [9.17, 15) is 14.4 Å². The van der Waals surface area contributed by atoms with Crippen molar-refractivity contribution in [2.75, 3.05) is 43.0 Å². The molecule has 0 bridgehead atoms. The highest BCUT2D eigenvalue weighted by Gasteiger charge is 2.43. The minimum absolute atomic E-state index is 0.135. The molecule has 12 nitrogen and oxygen atoms in total. The number of amides is 4. The number of pyridine rings is 1. The number of fused-ring (bicyclic) bond motifs is 1. The molecule has 2 fully saturated rings. The van der Waals surface area contributed by atoms with Crippen molar-refractivity contribution < 1.29 is 19.1 Å². The number of hydrogen-bond acceptors (Lipinski definition) is 9. The van der Waals surface area contributed by atoms with E-state index in [-0.39, 0.29) is 24.5 Å². The Kier molecular flexibility index (Phi) is 6.27. The average Bonchev–Trinajstić information content (AvgIpc) is 2.97. The van der Waals surface area contributed by atoms with Gasteiger partial charge in [-0.05, 0) is 32.4 Å². The number of morpholine rings is 1. The number of anilines is 2. The van der Waals surface area contributed by atoms with Gasteiger partial charge in [-0.1, -0.05) is 0 Å². The van der Waals surface area contributed by atoms with Crippen molar-refractivity contribution in [3.05, 3.63) is 18.3 Å². The Hall–Kier alpha value is -3.54. The number of nitrogens with two attached hydrogens (primary N) is 1. The molecule has 0 aliphatic carbocycles. The van der Waals surface area contributed by atoms with Gasteiger partial charge in [0.05, 0.1) is 24.6 Å². The molecule has 0 aromatic carbocycles. The molecule has 2 aromatic rings. The number of hydrogen-bond donors (Lipinski definition) is 3. The lowest BCUT2D eigenvalue weighted by atomic mass is 10.1. The van der Waals surface area contributed by atoms with Crippen LogP contribution in [0.15, 0.2) is 18.3 Å². The molecule has 4 amide bonds. The van der Waals surface area contributed by atoms with Crippen LogP contribution < -0.4 is 21.3 Å². The number of imide groups is 1. The summed E-state index contributed by atoms with van der Waals surface area (Å²) in [5.74, 6) is 0.417. The van der Waals surface area contributed by atoms with Crippen molar-refractivity contribution in [2.24, 2.45) is 5.73 Å². The second kappa shape index (κ2) is 9.14. The van der Waals surface area contributed by atoms with E-state index in [2.05, 4.69) is 25.6 Å². The Labute approximate surface area is 190 Å². The van der Waals surface area contributed by atoms with E-state index < -0.39 is 11.4 Å². The third-order valence-corrected chi connectivity index (χ3v) is 5.59. The van der Waals surface area contributed by atoms with Gasteiger partial charge in [0.2, 0.25) is 11.9 Å². The molecule has 0 spiro atoms. The smallest absolute Gasteiger partial charge is 0.325 e. The summed E-state index contributed by atoms with van der Waals surface area (Å²) in [6.45, 7) is 5.63. The highest BCUT2D eigenvalue weighted by Crippen LogP contribution is 2.23. The van der Waals surface area contributed by atoms with Crippen molar-refractivity contribution in [2.45, 2.75) is 38.3 Å². The summed E-state index contributed by atoms with van der Waals surface area (Å²) in [6.07, 6.45) is 2.04. The quantitative estimate of drug-likeness (QED) is 0.374. The number of nitrogens with one attached hydrogen (secondary N) is 2. The summed E-state index contributed by atoms with van der Waals surface area (Å²) in [6, 6.07) is 3.28. The molecule has 4 N–H and O–H groups in total. The standard InChI is InChI=1S/C21H28N8O4/c1-21(2)18(31)29(20(32)27-21)8-4-7-24-17-16-14(5-3-6-23-16)25-19(26-17)28-9-10-33-13(12-28)11-15(22)30/h3,5-6,13H,4,7-12H2,1-2H3,(H2,22,30)(H,27,32)(H,24,25,26). The van der Waals surface area contributed by atoms with Crippen LogP contribution in [0.25, 0.3) is 11.0 Å². The van der Waals surface area contributed by atoms with Crippen LogP contribution in [0.2, 0.25) is 0 Å². The summed E-state index contributed by atoms with van der Waals surface area (Å²) in [4.78, 5) is 52.6. The second-order valence-electron chi connectivity index (χ2n) is 8.64. The molecular weight excluding hydrogens is 428 g/mol. The molecule has 12 heteroatoms. The maximum absolute atomic E-state index is 12.3. The molecule has 0 radical (unpaired) electrons. The number of rotatable bonds is 8. The first kappa shape index (κ1) is 22.6. The van der Waals surface area contributed by atoms with Crippen LogP contribution in [0.1, 0.15) is 26.7 Å². The van der Waals surface area contributed by atoms with E-state index in [4.69, 9.17) is 10.5 Å². The van der Waals surface area contributed by atoms with Crippen LogP contribution in [-0.2, 0) is 14.3 Å². The van der Waals surface area contributed by atoms with Crippen LogP contribution in [0, 0.1) is 0 Å². The first-order valence-corrected chi connectivity index (χ1v) is 10.9. The fourth-order valence-corrected chi connectivity index (χ4v) is 3.93. The van der Waals surface area contributed by atoms with Crippen LogP contribution >= 0.6 is 0 Å². The number of primary amides is 1. The molecule has 2 saturated heterocycles. The lowest BCUT2D eigenvalue weighted by Gasteiger charge is -2.32. The Morgan fingerprint density at radius 2 is 2.18 bits per heavy atom. The maximum Gasteiger partial charge on any atom is 0.325 e. The molecule has 2 aliphatic rings. The van der Waals surface area contributed by atoms with Gasteiger partial charge in [0.1, 0.15) is 11.1 Å². The van der Waals surface area contributed by atoms with Gasteiger partial charge in [-0.2, -0.15) is 4.98 Å². The van der Waals surface area contributed by atoms with Gasteiger partial charge in [-0.3, -0.25) is 19.5 Å². The minimum atomic E-state index is -0.878. The Morgan fingerprint density at radius 1 is 1.36 bits per heavy atom. The van der Waals surface area contributed by atoms with E-state index >= 15 is 0 Å². The monoisotopic (exact) mass is 456 g/mol. The number of nitrogens with zero attached hydrogens (tertiary/aromatic N) is 5. The minimum Gasteiger partial charge on any atom is -0.374 e. The first-order valence-electron chi connectivity index (χ1n) is 10.9. The van der Waals surface area contributed by atoms with Crippen LogP contribution in [0.3, 0.4) is 0 Å². The normalized spacial score (nSPS) is 20.2. The topological polar surface area (TPSA) is 156 Å². The molecule has 33 heavy (non-hydrogen) atoms. The van der Waals surface area contributed by atoms with E-state index in [1.807, 2.05) is 11.0 Å². The van der Waals surface area contributed by atoms with Crippen molar-refractivity contribution in [1.82, 2.24) is 25.2 Å². The maximum atomic E-state index is 12.3. The van der Waals surface area contributed by atoms with E-state index in [0.717, 1.165) is 0 Å². The van der Waals surface area contributed by atoms with E-state index in [1.54, 1.807) is 26.1 Å². The van der Waals surface area contributed by atoms with Gasteiger partial charge in [0, 0.05) is 32.4 Å². The van der Waals surface area contributed by atoms with Crippen LogP contribution in [-0.4, -0.2) is 82.1 Å². The van der Waals surface area contributed by atoms with Crippen molar-refractivity contribution in [3.8, 4) is 0 Å². The number of carbonyl (C=O) groups is 3. The lowest BCUT2D eigenvalue weighted by Crippen LogP contribution is -2.44. The third-order valence-electron chi connectivity index (χ3n) is 5.59. The Morgan fingerprint density at radius 3 is 2.91 bits per heavy atom. The molecule has 176 valence electrons.